The van der Waals surface area contributed by atoms with Crippen LogP contribution in [0.1, 0.15) is 32.3 Å². The number of nitrogens with zero attached hydrogens (tertiary/aromatic N) is 1. The molecule has 0 aliphatic carbocycles. The zero-order valence-electron chi connectivity index (χ0n) is 13.7. The van der Waals surface area contributed by atoms with E-state index in [-0.39, 0.29) is 5.91 Å². The summed E-state index contributed by atoms with van der Waals surface area (Å²) in [6, 6.07) is 8.71. The number of carbonyl (C=O) groups is 1. The van der Waals surface area contributed by atoms with E-state index in [1.54, 1.807) is 4.90 Å². The van der Waals surface area contributed by atoms with Crippen LogP contribution in [0.15, 0.2) is 29.2 Å². The van der Waals surface area contributed by atoms with Crippen LogP contribution >= 0.6 is 11.8 Å². The van der Waals surface area contributed by atoms with E-state index in [4.69, 9.17) is 0 Å². The normalized spacial score (nSPS) is 10.9. The van der Waals surface area contributed by atoms with Gasteiger partial charge in [-0.1, -0.05) is 26.0 Å². The number of hydrogen-bond acceptors (Lipinski definition) is 3. The minimum atomic E-state index is 0.210. The Morgan fingerprint density at radius 2 is 1.90 bits per heavy atom. The summed E-state index contributed by atoms with van der Waals surface area (Å²) in [5, 5.41) is 3.45. The molecule has 3 nitrogen and oxygen atoms in total. The van der Waals surface area contributed by atoms with Crippen LogP contribution in [0.2, 0.25) is 0 Å². The van der Waals surface area contributed by atoms with Gasteiger partial charge >= 0.3 is 0 Å². The smallest absolute Gasteiger partial charge is 0.222 e. The van der Waals surface area contributed by atoms with E-state index in [1.165, 1.54) is 10.5 Å². The van der Waals surface area contributed by atoms with Gasteiger partial charge in [0.05, 0.1) is 0 Å². The predicted octanol–water partition coefficient (Wildman–Crippen LogP) is 3.39. The Morgan fingerprint density at radius 1 is 1.24 bits per heavy atom. The summed E-state index contributed by atoms with van der Waals surface area (Å²) in [7, 11) is 3.61. The lowest BCUT2D eigenvalue weighted by Gasteiger charge is -2.10. The Hall–Kier alpha value is -1.00. The van der Waals surface area contributed by atoms with Gasteiger partial charge in [0.2, 0.25) is 5.91 Å². The maximum absolute atomic E-state index is 11.5. The van der Waals surface area contributed by atoms with Gasteiger partial charge in [-0.25, -0.2) is 0 Å². The highest BCUT2D eigenvalue weighted by Crippen LogP contribution is 2.20. The summed E-state index contributed by atoms with van der Waals surface area (Å²) in [5.74, 6) is 1.89. The molecule has 0 spiro atoms. The Labute approximate surface area is 133 Å². The van der Waals surface area contributed by atoms with Crippen LogP contribution in [-0.2, 0) is 11.3 Å². The highest BCUT2D eigenvalue weighted by Gasteiger charge is 2.03. The van der Waals surface area contributed by atoms with Gasteiger partial charge in [-0.3, -0.25) is 4.79 Å². The molecule has 0 radical (unpaired) electrons. The Balaban J connectivity index is 2.23. The van der Waals surface area contributed by atoms with Gasteiger partial charge in [0, 0.05) is 32.0 Å². The molecule has 0 bridgehead atoms. The third kappa shape index (κ3) is 8.12. The fourth-order valence-electron chi connectivity index (χ4n) is 1.85. The van der Waals surface area contributed by atoms with Gasteiger partial charge in [0.15, 0.2) is 0 Å². The van der Waals surface area contributed by atoms with E-state index >= 15 is 0 Å². The number of nitrogens with one attached hydrogen (secondary N) is 1. The first-order valence-corrected chi connectivity index (χ1v) is 8.60. The van der Waals surface area contributed by atoms with Crippen LogP contribution in [0.3, 0.4) is 0 Å². The van der Waals surface area contributed by atoms with E-state index < -0.39 is 0 Å². The van der Waals surface area contributed by atoms with Crippen molar-refractivity contribution in [3.8, 4) is 0 Å². The molecule has 0 unspecified atom stereocenters. The Bertz CT molecular complexity index is 415. The molecule has 21 heavy (non-hydrogen) atoms. The summed E-state index contributed by atoms with van der Waals surface area (Å²) >= 11 is 1.82. The first-order chi connectivity index (χ1) is 9.99. The average Bonchev–Trinajstić information content (AvgIpc) is 2.44. The maximum Gasteiger partial charge on any atom is 0.222 e. The Morgan fingerprint density at radius 3 is 2.48 bits per heavy atom. The molecule has 0 aliphatic heterocycles. The number of hydrogen-bond donors (Lipinski definition) is 1. The lowest BCUT2D eigenvalue weighted by Crippen LogP contribution is -2.21. The fraction of sp³-hybridized carbons (Fsp3) is 0.588. The first-order valence-electron chi connectivity index (χ1n) is 7.61. The number of thioether (sulfide) groups is 1. The van der Waals surface area contributed by atoms with Crippen molar-refractivity contribution >= 4 is 17.7 Å². The minimum Gasteiger partial charge on any atom is -0.349 e. The highest BCUT2D eigenvalue weighted by atomic mass is 32.2. The topological polar surface area (TPSA) is 32.3 Å². The van der Waals surface area contributed by atoms with Crippen molar-refractivity contribution in [2.45, 2.75) is 38.1 Å². The van der Waals surface area contributed by atoms with E-state index in [2.05, 4.69) is 43.4 Å². The molecule has 1 aromatic rings. The first kappa shape index (κ1) is 18.1. The zero-order valence-corrected chi connectivity index (χ0v) is 14.5. The molecule has 0 aromatic heterocycles. The summed E-state index contributed by atoms with van der Waals surface area (Å²) in [6.07, 6.45) is 1.57. The second kappa shape index (κ2) is 9.85. The molecular formula is C17H28N2OS. The van der Waals surface area contributed by atoms with Crippen molar-refractivity contribution in [2.75, 3.05) is 26.4 Å². The van der Waals surface area contributed by atoms with Crippen LogP contribution in [0.25, 0.3) is 0 Å². The van der Waals surface area contributed by atoms with E-state index in [1.807, 2.05) is 25.9 Å². The molecule has 1 rings (SSSR count). The van der Waals surface area contributed by atoms with Crippen molar-refractivity contribution in [1.82, 2.24) is 10.2 Å². The van der Waals surface area contributed by atoms with Gasteiger partial charge in [-0.05, 0) is 42.3 Å². The van der Waals surface area contributed by atoms with E-state index in [9.17, 15) is 4.79 Å². The second-order valence-electron chi connectivity index (χ2n) is 5.91. The van der Waals surface area contributed by atoms with Crippen molar-refractivity contribution in [3.05, 3.63) is 29.8 Å². The summed E-state index contributed by atoms with van der Waals surface area (Å²) in [4.78, 5) is 14.4. The average molecular weight is 308 g/mol. The Kier molecular flexibility index (Phi) is 8.47. The number of carbonyl (C=O) groups excluding carboxylic acids is 1. The predicted molar refractivity (Wildman–Crippen MR) is 91.6 cm³/mol. The zero-order chi connectivity index (χ0) is 15.7. The van der Waals surface area contributed by atoms with Gasteiger partial charge in [-0.2, -0.15) is 0 Å². The number of rotatable bonds is 9. The van der Waals surface area contributed by atoms with Crippen LogP contribution in [0.4, 0.5) is 0 Å². The number of benzene rings is 1. The quantitative estimate of drug-likeness (QED) is 0.560. The highest BCUT2D eigenvalue weighted by molar-refractivity contribution is 7.99. The van der Waals surface area contributed by atoms with Gasteiger partial charge in [-0.15, -0.1) is 11.8 Å². The number of amides is 1. The second-order valence-corrected chi connectivity index (χ2v) is 7.08. The molecule has 1 aromatic carbocycles. The van der Waals surface area contributed by atoms with Gasteiger partial charge in [0.25, 0.3) is 0 Å². The molecule has 0 saturated carbocycles. The van der Waals surface area contributed by atoms with Crippen LogP contribution < -0.4 is 5.32 Å². The largest absolute Gasteiger partial charge is 0.349 e. The van der Waals surface area contributed by atoms with Crippen LogP contribution in [0.5, 0.6) is 0 Å². The molecule has 118 valence electrons. The molecule has 1 N–H and O–H groups in total. The summed E-state index contributed by atoms with van der Waals surface area (Å²) in [5.41, 5.74) is 1.32. The molecule has 0 fully saturated rings. The maximum atomic E-state index is 11.5. The molecule has 4 heteroatoms. The van der Waals surface area contributed by atoms with Crippen molar-refractivity contribution in [1.29, 1.82) is 0 Å². The molecule has 0 atom stereocenters. The summed E-state index contributed by atoms with van der Waals surface area (Å²) in [6.45, 7) is 6.42. The monoisotopic (exact) mass is 308 g/mol. The van der Waals surface area contributed by atoms with Gasteiger partial charge in [0.1, 0.15) is 0 Å². The minimum absolute atomic E-state index is 0.210. The van der Waals surface area contributed by atoms with E-state index in [0.29, 0.717) is 12.3 Å². The van der Waals surface area contributed by atoms with Crippen molar-refractivity contribution < 1.29 is 4.79 Å². The molecule has 0 aliphatic rings. The van der Waals surface area contributed by atoms with Gasteiger partial charge < -0.3 is 10.2 Å². The SMILES string of the molecule is CC(C)CNCc1ccc(SCCCC(=O)N(C)C)cc1. The lowest BCUT2D eigenvalue weighted by molar-refractivity contribution is -0.128. The summed E-state index contributed by atoms with van der Waals surface area (Å²) < 4.78 is 0. The van der Waals surface area contributed by atoms with Crippen molar-refractivity contribution in [3.63, 3.8) is 0 Å². The van der Waals surface area contributed by atoms with E-state index in [0.717, 1.165) is 25.3 Å². The third-order valence-electron chi connectivity index (χ3n) is 3.11. The fourth-order valence-corrected chi connectivity index (χ4v) is 2.70. The van der Waals surface area contributed by atoms with Crippen molar-refractivity contribution in [2.24, 2.45) is 5.92 Å². The van der Waals surface area contributed by atoms with Crippen LogP contribution in [0, 0.1) is 5.92 Å². The van der Waals surface area contributed by atoms with Crippen LogP contribution in [-0.4, -0.2) is 37.2 Å². The molecular weight excluding hydrogens is 280 g/mol. The molecule has 0 heterocycles. The molecule has 1 amide bonds. The standard InChI is InChI=1S/C17H28N2OS/c1-14(2)12-18-13-15-7-9-16(10-8-15)21-11-5-6-17(20)19(3)4/h7-10,14,18H,5-6,11-13H2,1-4H3. The lowest BCUT2D eigenvalue weighted by atomic mass is 10.2. The molecule has 0 saturated heterocycles. The third-order valence-corrected chi connectivity index (χ3v) is 4.21.